The number of ether oxygens (including phenoxy) is 1. The fourth-order valence-corrected chi connectivity index (χ4v) is 2.00. The van der Waals surface area contributed by atoms with E-state index in [2.05, 4.69) is 15.3 Å². The molecule has 2 heterocycles. The number of nitrogens with zero attached hydrogens (tertiary/aromatic N) is 2. The molecule has 4 nitrogen and oxygen atoms in total. The number of anilines is 1. The molecule has 0 aromatic carbocycles. The van der Waals surface area contributed by atoms with Crippen LogP contribution in [0, 0.1) is 12.7 Å². The fraction of sp³-hybridized carbons (Fsp3) is 0.667. The molecule has 1 fully saturated rings. The van der Waals surface area contributed by atoms with Crippen molar-refractivity contribution >= 4 is 5.82 Å². The SMILES string of the molecule is CCNc1nc(C2CCC(C)O2)nc(C)c1F. The minimum Gasteiger partial charge on any atom is -0.368 e. The molecular weight excluding hydrogens is 221 g/mol. The average molecular weight is 239 g/mol. The predicted octanol–water partition coefficient (Wildman–Crippen LogP) is 2.60. The lowest BCUT2D eigenvalue weighted by Gasteiger charge is -2.13. The van der Waals surface area contributed by atoms with Gasteiger partial charge in [0.2, 0.25) is 0 Å². The Hall–Kier alpha value is -1.23. The average Bonchev–Trinajstić information content (AvgIpc) is 2.71. The second kappa shape index (κ2) is 4.96. The van der Waals surface area contributed by atoms with Crippen molar-refractivity contribution in [1.82, 2.24) is 9.97 Å². The first-order valence-corrected chi connectivity index (χ1v) is 6.05. The van der Waals surface area contributed by atoms with Crippen LogP contribution in [0.25, 0.3) is 0 Å². The van der Waals surface area contributed by atoms with Crippen molar-refractivity contribution in [2.75, 3.05) is 11.9 Å². The number of hydrogen-bond donors (Lipinski definition) is 1. The summed E-state index contributed by atoms with van der Waals surface area (Å²) in [4.78, 5) is 8.40. The maximum absolute atomic E-state index is 13.7. The van der Waals surface area contributed by atoms with Crippen molar-refractivity contribution in [3.63, 3.8) is 0 Å². The van der Waals surface area contributed by atoms with Gasteiger partial charge in [0, 0.05) is 6.54 Å². The number of rotatable bonds is 3. The summed E-state index contributed by atoms with van der Waals surface area (Å²) in [6.45, 7) is 6.22. The lowest BCUT2D eigenvalue weighted by Crippen LogP contribution is -2.12. The van der Waals surface area contributed by atoms with E-state index in [0.29, 0.717) is 18.1 Å². The van der Waals surface area contributed by atoms with E-state index in [1.165, 1.54) is 0 Å². The van der Waals surface area contributed by atoms with Crippen molar-refractivity contribution in [3.8, 4) is 0 Å². The summed E-state index contributed by atoms with van der Waals surface area (Å²) in [5.41, 5.74) is 0.370. The van der Waals surface area contributed by atoms with Gasteiger partial charge in [-0.2, -0.15) is 0 Å². The Bertz CT molecular complexity index is 411. The van der Waals surface area contributed by atoms with Crippen LogP contribution < -0.4 is 5.32 Å². The zero-order valence-electron chi connectivity index (χ0n) is 10.5. The molecule has 2 rings (SSSR count). The highest BCUT2D eigenvalue weighted by atomic mass is 19.1. The molecule has 5 heteroatoms. The van der Waals surface area contributed by atoms with Gasteiger partial charge in [-0.05, 0) is 33.6 Å². The zero-order valence-corrected chi connectivity index (χ0v) is 10.5. The predicted molar refractivity (Wildman–Crippen MR) is 63.4 cm³/mol. The van der Waals surface area contributed by atoms with Gasteiger partial charge in [-0.15, -0.1) is 0 Å². The summed E-state index contributed by atoms with van der Waals surface area (Å²) in [6, 6.07) is 0. The van der Waals surface area contributed by atoms with Crippen molar-refractivity contribution < 1.29 is 9.13 Å². The van der Waals surface area contributed by atoms with Crippen LogP contribution >= 0.6 is 0 Å². The van der Waals surface area contributed by atoms with E-state index in [-0.39, 0.29) is 23.8 Å². The number of nitrogens with one attached hydrogen (secondary N) is 1. The first-order valence-electron chi connectivity index (χ1n) is 6.05. The van der Waals surface area contributed by atoms with Crippen LogP contribution in [0.3, 0.4) is 0 Å². The minimum atomic E-state index is -0.373. The van der Waals surface area contributed by atoms with Crippen LogP contribution in [0.15, 0.2) is 0 Å². The quantitative estimate of drug-likeness (QED) is 0.880. The lowest BCUT2D eigenvalue weighted by molar-refractivity contribution is 0.0501. The number of aromatic nitrogens is 2. The molecule has 0 bridgehead atoms. The summed E-state index contributed by atoms with van der Waals surface area (Å²) >= 11 is 0. The fourth-order valence-electron chi connectivity index (χ4n) is 2.00. The Morgan fingerprint density at radius 2 is 2.18 bits per heavy atom. The second-order valence-electron chi connectivity index (χ2n) is 4.37. The van der Waals surface area contributed by atoms with Crippen molar-refractivity contribution in [1.29, 1.82) is 0 Å². The highest BCUT2D eigenvalue weighted by molar-refractivity contribution is 5.38. The largest absolute Gasteiger partial charge is 0.368 e. The number of hydrogen-bond acceptors (Lipinski definition) is 4. The van der Waals surface area contributed by atoms with Gasteiger partial charge >= 0.3 is 0 Å². The van der Waals surface area contributed by atoms with Gasteiger partial charge in [-0.25, -0.2) is 14.4 Å². The normalized spacial score (nSPS) is 24.0. The first kappa shape index (κ1) is 12.2. The summed E-state index contributed by atoms with van der Waals surface area (Å²) in [6.07, 6.45) is 2.04. The van der Waals surface area contributed by atoms with Gasteiger partial charge in [-0.1, -0.05) is 0 Å². The molecule has 1 N–H and O–H groups in total. The Morgan fingerprint density at radius 3 is 2.76 bits per heavy atom. The topological polar surface area (TPSA) is 47.0 Å². The smallest absolute Gasteiger partial charge is 0.186 e. The highest BCUT2D eigenvalue weighted by Crippen LogP contribution is 2.31. The summed E-state index contributed by atoms with van der Waals surface area (Å²) in [5.74, 6) is 0.490. The third-order valence-electron chi connectivity index (χ3n) is 2.90. The van der Waals surface area contributed by atoms with E-state index in [1.54, 1.807) is 6.92 Å². The van der Waals surface area contributed by atoms with E-state index in [4.69, 9.17) is 4.74 Å². The van der Waals surface area contributed by atoms with Crippen LogP contribution in [-0.4, -0.2) is 22.6 Å². The molecule has 1 aromatic rings. The maximum Gasteiger partial charge on any atom is 0.186 e. The van der Waals surface area contributed by atoms with E-state index in [0.717, 1.165) is 12.8 Å². The minimum absolute atomic E-state index is 0.0956. The number of halogens is 1. The number of aryl methyl sites for hydroxylation is 1. The molecule has 0 spiro atoms. The third-order valence-corrected chi connectivity index (χ3v) is 2.90. The van der Waals surface area contributed by atoms with Gasteiger partial charge < -0.3 is 10.1 Å². The van der Waals surface area contributed by atoms with Crippen LogP contribution in [0.5, 0.6) is 0 Å². The molecule has 0 radical (unpaired) electrons. The maximum atomic E-state index is 13.7. The lowest BCUT2D eigenvalue weighted by atomic mass is 10.2. The molecule has 94 valence electrons. The van der Waals surface area contributed by atoms with Gasteiger partial charge in [0.25, 0.3) is 0 Å². The monoisotopic (exact) mass is 239 g/mol. The second-order valence-corrected chi connectivity index (χ2v) is 4.37. The Balaban J connectivity index is 2.28. The van der Waals surface area contributed by atoms with E-state index in [9.17, 15) is 4.39 Å². The van der Waals surface area contributed by atoms with Gasteiger partial charge in [-0.3, -0.25) is 0 Å². The Kier molecular flexibility index (Phi) is 3.57. The molecule has 2 atom stereocenters. The summed E-state index contributed by atoms with van der Waals surface area (Å²) in [5, 5.41) is 2.91. The van der Waals surface area contributed by atoms with Crippen molar-refractivity contribution in [2.24, 2.45) is 0 Å². The van der Waals surface area contributed by atoms with Crippen molar-refractivity contribution in [3.05, 3.63) is 17.3 Å². The molecule has 0 saturated carbocycles. The molecule has 1 aliphatic rings. The zero-order chi connectivity index (χ0) is 12.4. The van der Waals surface area contributed by atoms with Crippen LogP contribution in [0.2, 0.25) is 0 Å². The van der Waals surface area contributed by atoms with Gasteiger partial charge in [0.15, 0.2) is 17.5 Å². The third kappa shape index (κ3) is 2.54. The van der Waals surface area contributed by atoms with Crippen LogP contribution in [0.1, 0.15) is 44.3 Å². The van der Waals surface area contributed by atoms with Crippen LogP contribution in [0.4, 0.5) is 10.2 Å². The Morgan fingerprint density at radius 1 is 1.41 bits per heavy atom. The van der Waals surface area contributed by atoms with Gasteiger partial charge in [0.05, 0.1) is 11.8 Å². The summed E-state index contributed by atoms with van der Waals surface area (Å²) < 4.78 is 19.4. The molecular formula is C12H18FN3O. The molecule has 1 aromatic heterocycles. The van der Waals surface area contributed by atoms with E-state index in [1.807, 2.05) is 13.8 Å². The van der Waals surface area contributed by atoms with Crippen molar-refractivity contribution in [2.45, 2.75) is 45.8 Å². The molecule has 0 amide bonds. The molecule has 1 aliphatic heterocycles. The van der Waals surface area contributed by atoms with Gasteiger partial charge in [0.1, 0.15) is 6.10 Å². The van der Waals surface area contributed by atoms with E-state index >= 15 is 0 Å². The highest BCUT2D eigenvalue weighted by Gasteiger charge is 2.27. The molecule has 1 saturated heterocycles. The molecule has 2 unspecified atom stereocenters. The Labute approximate surface area is 101 Å². The molecule has 0 aliphatic carbocycles. The standard InChI is InChI=1S/C12H18FN3O/c1-4-14-12-10(13)8(3)15-11(16-12)9-6-5-7(2)17-9/h7,9H,4-6H2,1-3H3,(H,14,15,16). The van der Waals surface area contributed by atoms with Crippen LogP contribution in [-0.2, 0) is 4.74 Å². The molecule has 17 heavy (non-hydrogen) atoms. The van der Waals surface area contributed by atoms with E-state index < -0.39 is 0 Å². The summed E-state index contributed by atoms with van der Waals surface area (Å²) in [7, 11) is 0. The first-order chi connectivity index (χ1) is 8.11.